The minimum Gasteiger partial charge on any atom is -0.493 e. The van der Waals surface area contributed by atoms with E-state index >= 15 is 0 Å². The molecule has 0 saturated carbocycles. The van der Waals surface area contributed by atoms with Crippen molar-refractivity contribution in [1.82, 2.24) is 34.4 Å². The highest BCUT2D eigenvalue weighted by atomic mass is 35.5. The van der Waals surface area contributed by atoms with Crippen LogP contribution in [0.2, 0.25) is 5.02 Å². The molecule has 4 aromatic carbocycles. The van der Waals surface area contributed by atoms with Crippen LogP contribution in [0.15, 0.2) is 66.7 Å². The molecular weight excluding hydrogens is 953 g/mol. The van der Waals surface area contributed by atoms with Crippen molar-refractivity contribution in [2.75, 3.05) is 45.9 Å². The topological polar surface area (TPSA) is 158 Å². The van der Waals surface area contributed by atoms with E-state index in [-0.39, 0.29) is 54.9 Å². The fraction of sp³-hybridized carbons (Fsp3) is 0.429. The lowest BCUT2D eigenvalue weighted by Gasteiger charge is -2.54. The number of imide groups is 1. The normalized spacial score (nSPS) is 17.9. The SMILES string of the molecule is Cc1nn(C)c(C)c1-c1c(Cl)ccc2c(CCCOc3cccc4cc(F)ccc34)c(C(=O)OC(C)(C)C)n(CCN3CC4(CCCN(C(=O)COc5cccc6c5CN(C5CCC(=O)NC5=O)C6=O)C4)C3)c12. The van der Waals surface area contributed by atoms with Crippen LogP contribution >= 0.6 is 11.6 Å². The van der Waals surface area contributed by atoms with Gasteiger partial charge in [-0.2, -0.15) is 5.10 Å². The summed E-state index contributed by atoms with van der Waals surface area (Å²) >= 11 is 7.23. The first kappa shape index (κ1) is 49.8. The number of nitrogens with one attached hydrogen (secondary N) is 1. The lowest BCUT2D eigenvalue weighted by molar-refractivity contribution is -0.141. The molecule has 382 valence electrons. The van der Waals surface area contributed by atoms with Crippen molar-refractivity contribution in [3.8, 4) is 22.6 Å². The Morgan fingerprint density at radius 1 is 0.932 bits per heavy atom. The lowest BCUT2D eigenvalue weighted by Crippen LogP contribution is -2.64. The molecule has 0 bridgehead atoms. The molecule has 4 aliphatic heterocycles. The molecule has 73 heavy (non-hydrogen) atoms. The van der Waals surface area contributed by atoms with Gasteiger partial charge in [0, 0.05) is 96.9 Å². The van der Waals surface area contributed by atoms with Crippen LogP contribution in [0.5, 0.6) is 11.5 Å². The number of piperidine rings is 2. The van der Waals surface area contributed by atoms with Crippen LogP contribution < -0.4 is 14.8 Å². The molecule has 0 aliphatic carbocycles. The van der Waals surface area contributed by atoms with Crippen LogP contribution in [0.4, 0.5) is 4.39 Å². The Balaban J connectivity index is 0.869. The van der Waals surface area contributed by atoms with Gasteiger partial charge in [-0.1, -0.05) is 35.9 Å². The van der Waals surface area contributed by atoms with Crippen LogP contribution in [-0.2, 0) is 45.7 Å². The molecule has 3 saturated heterocycles. The molecule has 17 heteroatoms. The van der Waals surface area contributed by atoms with E-state index in [4.69, 9.17) is 30.9 Å². The van der Waals surface area contributed by atoms with Gasteiger partial charge in [0.1, 0.15) is 34.7 Å². The summed E-state index contributed by atoms with van der Waals surface area (Å²) in [5.74, 6) is -0.940. The zero-order chi connectivity index (χ0) is 51.5. The monoisotopic (exact) mass is 1010 g/mol. The number of fused-ring (bicyclic) bond motifs is 3. The van der Waals surface area contributed by atoms with Crippen LogP contribution in [0.1, 0.15) is 96.2 Å². The quantitative estimate of drug-likeness (QED) is 0.0639. The number of hydrogen-bond acceptors (Lipinski definition) is 10. The molecule has 1 spiro atoms. The second kappa shape index (κ2) is 19.6. The lowest BCUT2D eigenvalue weighted by atomic mass is 9.73. The number of aromatic nitrogens is 3. The highest BCUT2D eigenvalue weighted by Gasteiger charge is 2.47. The predicted octanol–water partition coefficient (Wildman–Crippen LogP) is 8.34. The summed E-state index contributed by atoms with van der Waals surface area (Å²) in [6.45, 7) is 13.7. The van der Waals surface area contributed by atoms with Gasteiger partial charge >= 0.3 is 5.97 Å². The average Bonchev–Trinajstić information content (AvgIpc) is 3.93. The second-order valence-electron chi connectivity index (χ2n) is 21.1. The van der Waals surface area contributed by atoms with E-state index in [1.807, 2.05) is 81.6 Å². The van der Waals surface area contributed by atoms with Crippen LogP contribution in [0, 0.1) is 25.1 Å². The molecule has 3 fully saturated rings. The van der Waals surface area contributed by atoms with E-state index in [9.17, 15) is 28.4 Å². The third-order valence-corrected chi connectivity index (χ3v) is 15.2. The number of hydrogen-bond donors (Lipinski definition) is 1. The van der Waals surface area contributed by atoms with E-state index in [1.54, 1.807) is 24.3 Å². The highest BCUT2D eigenvalue weighted by molar-refractivity contribution is 6.35. The predicted molar refractivity (Wildman–Crippen MR) is 274 cm³/mol. The first-order valence-electron chi connectivity index (χ1n) is 25.2. The van der Waals surface area contributed by atoms with Crippen molar-refractivity contribution in [3.05, 3.63) is 111 Å². The Hall–Kier alpha value is -6.78. The molecule has 1 unspecified atom stereocenters. The van der Waals surface area contributed by atoms with Gasteiger partial charge in [0.05, 0.1) is 29.4 Å². The number of nitrogens with zero attached hydrogens (tertiary/aromatic N) is 6. The number of esters is 1. The van der Waals surface area contributed by atoms with Gasteiger partial charge in [-0.15, -0.1) is 0 Å². The van der Waals surface area contributed by atoms with Crippen molar-refractivity contribution in [2.45, 2.75) is 97.9 Å². The van der Waals surface area contributed by atoms with Gasteiger partial charge in [0.15, 0.2) is 6.61 Å². The maximum absolute atomic E-state index is 14.7. The molecule has 15 nitrogen and oxygen atoms in total. The molecular formula is C56H61ClFN7O8. The zero-order valence-corrected chi connectivity index (χ0v) is 43.0. The van der Waals surface area contributed by atoms with E-state index in [0.717, 1.165) is 75.7 Å². The fourth-order valence-corrected chi connectivity index (χ4v) is 11.8. The molecule has 6 heterocycles. The number of carbonyl (C=O) groups is 5. The first-order chi connectivity index (χ1) is 34.9. The van der Waals surface area contributed by atoms with Gasteiger partial charge in [-0.3, -0.25) is 29.2 Å². The number of likely N-dealkylation sites (tertiary alicyclic amines) is 2. The summed E-state index contributed by atoms with van der Waals surface area (Å²) in [7, 11) is 1.91. The Kier molecular flexibility index (Phi) is 13.3. The third kappa shape index (κ3) is 9.67. The minimum absolute atomic E-state index is 0.106. The number of aryl methyl sites for hydroxylation is 3. The third-order valence-electron chi connectivity index (χ3n) is 14.9. The van der Waals surface area contributed by atoms with E-state index in [1.165, 1.54) is 17.0 Å². The number of carbonyl (C=O) groups excluding carboxylic acids is 5. The minimum atomic E-state index is -0.776. The second-order valence-corrected chi connectivity index (χ2v) is 21.5. The van der Waals surface area contributed by atoms with Crippen molar-refractivity contribution in [1.29, 1.82) is 0 Å². The van der Waals surface area contributed by atoms with Gasteiger partial charge in [-0.05, 0) is 120 Å². The Morgan fingerprint density at radius 3 is 2.45 bits per heavy atom. The number of ether oxygens (including phenoxy) is 3. The molecule has 0 radical (unpaired) electrons. The Bertz CT molecular complexity index is 3220. The highest BCUT2D eigenvalue weighted by Crippen LogP contribution is 2.44. The van der Waals surface area contributed by atoms with Crippen molar-refractivity contribution in [3.63, 3.8) is 0 Å². The number of benzene rings is 4. The first-order valence-corrected chi connectivity index (χ1v) is 25.5. The van der Waals surface area contributed by atoms with Gasteiger partial charge in [0.2, 0.25) is 11.8 Å². The molecule has 1 atom stereocenters. The Labute approximate surface area is 428 Å². The molecule has 10 rings (SSSR count). The molecule has 6 aromatic rings. The maximum atomic E-state index is 14.7. The summed E-state index contributed by atoms with van der Waals surface area (Å²) < 4.78 is 36.7. The fourth-order valence-electron chi connectivity index (χ4n) is 11.6. The van der Waals surface area contributed by atoms with Crippen molar-refractivity contribution >= 4 is 62.9 Å². The number of halogens is 2. The Morgan fingerprint density at radius 2 is 1.70 bits per heavy atom. The van der Waals surface area contributed by atoms with E-state index in [0.29, 0.717) is 79.0 Å². The summed E-state index contributed by atoms with van der Waals surface area (Å²) in [6, 6.07) is 18.5. The summed E-state index contributed by atoms with van der Waals surface area (Å²) in [5.41, 5.74) is 5.78. The van der Waals surface area contributed by atoms with Gasteiger partial charge in [-0.25, -0.2) is 9.18 Å². The zero-order valence-electron chi connectivity index (χ0n) is 42.2. The molecule has 4 aliphatic rings. The summed E-state index contributed by atoms with van der Waals surface area (Å²) in [4.78, 5) is 72.1. The summed E-state index contributed by atoms with van der Waals surface area (Å²) in [6.07, 6.45) is 3.29. The molecule has 1 N–H and O–H groups in total. The number of amides is 4. The standard InChI is InChI=1S/C56H61ClFN7O8/c1-33-48(34(2)61(6)60-33)49-42(57)19-18-39-38(13-9-26-71-44-14-7-11-35-27-36(58)16-17-37(35)44)51(54(70)73-55(3,4)5)64(50(39)49)25-24-62-30-56(31-62)22-10-23-63(32-56)47(67)29-72-45-15-8-12-40-41(45)28-65(53(40)69)43-20-21-46(66)59-52(43)68/h7-8,11-12,14-19,27,43H,9-10,13,20-26,28-32H2,1-6H3,(H,59,66,68). The van der Waals surface area contributed by atoms with Crippen molar-refractivity contribution in [2.24, 2.45) is 12.5 Å². The van der Waals surface area contributed by atoms with Crippen LogP contribution in [-0.4, -0.2) is 116 Å². The van der Waals surface area contributed by atoms with Crippen LogP contribution in [0.3, 0.4) is 0 Å². The van der Waals surface area contributed by atoms with Gasteiger partial charge < -0.3 is 33.5 Å². The summed E-state index contributed by atoms with van der Waals surface area (Å²) in [5, 5.41) is 10.1. The largest absolute Gasteiger partial charge is 0.493 e. The number of rotatable bonds is 14. The maximum Gasteiger partial charge on any atom is 0.355 e. The molecule has 2 aromatic heterocycles. The smallest absolute Gasteiger partial charge is 0.355 e. The average molecular weight is 1010 g/mol. The van der Waals surface area contributed by atoms with Crippen LogP contribution in [0.25, 0.3) is 32.8 Å². The van der Waals surface area contributed by atoms with Crippen molar-refractivity contribution < 1.29 is 42.6 Å². The van der Waals surface area contributed by atoms with E-state index < -0.39 is 23.5 Å². The van der Waals surface area contributed by atoms with Gasteiger partial charge in [0.25, 0.3) is 11.8 Å². The van der Waals surface area contributed by atoms with E-state index in [2.05, 4.69) is 14.8 Å². The molecule has 4 amide bonds.